The normalized spacial score (nSPS) is 18.7. The summed E-state index contributed by atoms with van der Waals surface area (Å²) in [4.78, 5) is 13.1. The van der Waals surface area contributed by atoms with E-state index in [1.807, 2.05) is 37.3 Å². The number of urea groups is 1. The molecule has 1 unspecified atom stereocenters. The number of amides is 2. The monoisotopic (exact) mass is 452 g/mol. The lowest BCUT2D eigenvalue weighted by Gasteiger charge is -2.37. The van der Waals surface area contributed by atoms with Crippen LogP contribution in [0.1, 0.15) is 5.69 Å². The highest BCUT2D eigenvalue weighted by molar-refractivity contribution is 8.17. The Kier molecular flexibility index (Phi) is 4.98. The van der Waals surface area contributed by atoms with Crippen molar-refractivity contribution in [3.8, 4) is 5.69 Å². The first-order valence-corrected chi connectivity index (χ1v) is 11.7. The van der Waals surface area contributed by atoms with Crippen LogP contribution in [0.2, 0.25) is 10.0 Å². The predicted octanol–water partition coefficient (Wildman–Crippen LogP) is 5.12. The Morgan fingerprint density at radius 3 is 2.46 bits per heavy atom. The number of hydrogen-bond acceptors (Lipinski definition) is 4. The van der Waals surface area contributed by atoms with Crippen LogP contribution in [0.25, 0.3) is 5.69 Å². The van der Waals surface area contributed by atoms with Crippen LogP contribution in [0.15, 0.2) is 48.5 Å². The number of nitrogens with one attached hydrogen (secondary N) is 1. The average molecular weight is 453 g/mol. The lowest BCUT2D eigenvalue weighted by molar-refractivity contribution is 0.259. The van der Waals surface area contributed by atoms with Gasteiger partial charge in [-0.25, -0.2) is 14.1 Å². The number of fused-ring (bicyclic) bond motifs is 1. The zero-order valence-electron chi connectivity index (χ0n) is 14.9. The second-order valence-electron chi connectivity index (χ2n) is 6.07. The summed E-state index contributed by atoms with van der Waals surface area (Å²) in [6.07, 6.45) is -2.98. The molecule has 1 atom stereocenters. The molecule has 0 aliphatic carbocycles. The Balaban J connectivity index is 1.93. The van der Waals surface area contributed by atoms with Crippen LogP contribution in [-0.2, 0) is 16.3 Å². The number of aryl methyl sites for hydroxylation is 1. The van der Waals surface area contributed by atoms with E-state index in [4.69, 9.17) is 39.5 Å². The molecule has 6 nitrogen and oxygen atoms in total. The first-order chi connectivity index (χ1) is 13.4. The van der Waals surface area contributed by atoms with Crippen LogP contribution in [0.4, 0.5) is 16.3 Å². The van der Waals surface area contributed by atoms with Gasteiger partial charge in [0.1, 0.15) is 0 Å². The van der Waals surface area contributed by atoms with E-state index in [2.05, 4.69) is 10.4 Å². The van der Waals surface area contributed by atoms with E-state index in [0.717, 1.165) is 5.69 Å². The van der Waals surface area contributed by atoms with Gasteiger partial charge in [0.2, 0.25) is 0 Å². The van der Waals surface area contributed by atoms with Gasteiger partial charge in [0.15, 0.2) is 12.2 Å². The Bertz CT molecular complexity index is 1140. The van der Waals surface area contributed by atoms with Crippen molar-refractivity contribution in [1.29, 1.82) is 0 Å². The van der Waals surface area contributed by atoms with Crippen molar-refractivity contribution in [2.75, 3.05) is 17.1 Å². The van der Waals surface area contributed by atoms with Crippen LogP contribution in [0, 0.1) is 6.92 Å². The zero-order valence-corrected chi connectivity index (χ0v) is 18.1. The summed E-state index contributed by atoms with van der Waals surface area (Å²) >= 11 is 18.1. The molecule has 144 valence electrons. The Labute approximate surface area is 177 Å². The number of benzene rings is 2. The van der Waals surface area contributed by atoms with Crippen LogP contribution < -0.4 is 15.3 Å². The van der Waals surface area contributed by atoms with E-state index in [9.17, 15) is 4.79 Å². The summed E-state index contributed by atoms with van der Waals surface area (Å²) in [5.74, 6) is 0.523. The number of carbonyl (C=O) groups excluding carboxylic acids is 1. The van der Waals surface area contributed by atoms with Gasteiger partial charge in [0, 0.05) is 7.11 Å². The predicted molar refractivity (Wildman–Crippen MR) is 117 cm³/mol. The molecule has 28 heavy (non-hydrogen) atoms. The van der Waals surface area contributed by atoms with Crippen molar-refractivity contribution in [2.24, 2.45) is 0 Å². The molecular weight excluding hydrogens is 438 g/mol. The van der Waals surface area contributed by atoms with Gasteiger partial charge in [-0.05, 0) is 49.1 Å². The number of anilines is 2. The van der Waals surface area contributed by atoms with Crippen LogP contribution in [0.5, 0.6) is 0 Å². The summed E-state index contributed by atoms with van der Waals surface area (Å²) in [6.45, 7) is 1.85. The van der Waals surface area contributed by atoms with Crippen molar-refractivity contribution in [2.45, 2.75) is 6.92 Å². The van der Waals surface area contributed by atoms with E-state index in [-0.39, 0.29) is 0 Å². The number of rotatable bonds is 3. The molecule has 2 amide bonds. The molecule has 10 heteroatoms. The minimum Gasteiger partial charge on any atom is -0.334 e. The topological polar surface area (TPSA) is 59.4 Å². The first kappa shape index (κ1) is 19.4. The molecule has 0 fully saturated rings. The number of aromatic nitrogens is 2. The fourth-order valence-corrected chi connectivity index (χ4v) is 6.75. The highest BCUT2D eigenvalue weighted by atomic mass is 35.5. The van der Waals surface area contributed by atoms with Gasteiger partial charge in [-0.15, -0.1) is 0 Å². The maximum absolute atomic E-state index is 13.1. The summed E-state index contributed by atoms with van der Waals surface area (Å²) in [5.41, 5.74) is 2.01. The van der Waals surface area contributed by atoms with E-state index in [1.165, 1.54) is 11.8 Å². The van der Waals surface area contributed by atoms with Gasteiger partial charge < -0.3 is 4.52 Å². The molecule has 2 aromatic carbocycles. The molecular formula is C18H15Cl2N4O2PS. The minimum absolute atomic E-state index is 0.326. The maximum Gasteiger partial charge on any atom is 0.333 e. The number of hydrogen-bond donors (Lipinski definition) is 1. The van der Waals surface area contributed by atoms with E-state index < -0.39 is 12.4 Å². The molecule has 1 aliphatic heterocycles. The Morgan fingerprint density at radius 2 is 1.82 bits per heavy atom. The minimum atomic E-state index is -2.98. The van der Waals surface area contributed by atoms with Gasteiger partial charge in [0.05, 0.1) is 32.4 Å². The molecule has 1 aliphatic rings. The van der Waals surface area contributed by atoms with Gasteiger partial charge in [-0.1, -0.05) is 41.4 Å². The van der Waals surface area contributed by atoms with E-state index >= 15 is 0 Å². The first-order valence-electron chi connectivity index (χ1n) is 8.25. The van der Waals surface area contributed by atoms with Crippen LogP contribution in [-0.4, -0.2) is 22.9 Å². The fraction of sp³-hybridized carbons (Fsp3) is 0.111. The van der Waals surface area contributed by atoms with Gasteiger partial charge in [-0.3, -0.25) is 5.32 Å². The fourth-order valence-electron chi connectivity index (χ4n) is 3.16. The SMILES string of the molecule is COP1(=S)c2c(C)nn(-c3ccccc3)c2NC(=O)N1c1ccc(Cl)c(Cl)c1. The molecule has 0 radical (unpaired) electrons. The quantitative estimate of drug-likeness (QED) is 0.560. The highest BCUT2D eigenvalue weighted by Crippen LogP contribution is 2.56. The van der Waals surface area contributed by atoms with Gasteiger partial charge >= 0.3 is 6.03 Å². The standard InChI is InChI=1S/C18H15Cl2N4O2PS/c1-11-16-17(23(22-11)12-6-4-3-5-7-12)21-18(25)24(27(16,28)26-2)13-8-9-14(19)15(20)10-13/h3-10H,1-2H3,(H,21,25). The molecule has 0 spiro atoms. The van der Waals surface area contributed by atoms with Crippen molar-refractivity contribution in [1.82, 2.24) is 9.78 Å². The highest BCUT2D eigenvalue weighted by Gasteiger charge is 2.44. The molecule has 0 saturated carbocycles. The Morgan fingerprint density at radius 1 is 1.11 bits per heavy atom. The van der Waals surface area contributed by atoms with Crippen LogP contribution >= 0.6 is 29.6 Å². The second-order valence-corrected chi connectivity index (χ2v) is 10.6. The molecule has 0 bridgehead atoms. The number of carbonyl (C=O) groups is 1. The molecule has 1 N–H and O–H groups in total. The smallest absolute Gasteiger partial charge is 0.333 e. The average Bonchev–Trinajstić information content (AvgIpc) is 3.02. The molecule has 2 heterocycles. The van der Waals surface area contributed by atoms with E-state index in [1.54, 1.807) is 22.9 Å². The molecule has 1 aromatic heterocycles. The second kappa shape index (κ2) is 7.17. The third kappa shape index (κ3) is 2.95. The van der Waals surface area contributed by atoms with Crippen molar-refractivity contribution >= 4 is 64.3 Å². The zero-order chi connectivity index (χ0) is 20.1. The van der Waals surface area contributed by atoms with Crippen LogP contribution in [0.3, 0.4) is 0 Å². The maximum atomic E-state index is 13.1. The van der Waals surface area contributed by atoms with Crippen molar-refractivity contribution in [3.05, 3.63) is 64.3 Å². The lowest BCUT2D eigenvalue weighted by atomic mass is 10.3. The third-order valence-electron chi connectivity index (χ3n) is 4.39. The van der Waals surface area contributed by atoms with Gasteiger partial charge in [0.25, 0.3) is 0 Å². The third-order valence-corrected chi connectivity index (χ3v) is 9.15. The molecule has 4 rings (SSSR count). The largest absolute Gasteiger partial charge is 0.334 e. The molecule has 0 saturated heterocycles. The number of para-hydroxylation sites is 1. The number of nitrogens with zero attached hydrogens (tertiary/aromatic N) is 3. The summed E-state index contributed by atoms with van der Waals surface area (Å²) in [7, 11) is 1.51. The number of halogens is 2. The van der Waals surface area contributed by atoms with E-state index in [0.29, 0.717) is 32.5 Å². The summed E-state index contributed by atoms with van der Waals surface area (Å²) < 4.78 is 8.92. The van der Waals surface area contributed by atoms with Crippen molar-refractivity contribution in [3.63, 3.8) is 0 Å². The van der Waals surface area contributed by atoms with Gasteiger partial charge in [-0.2, -0.15) is 5.10 Å². The van der Waals surface area contributed by atoms with Crippen molar-refractivity contribution < 1.29 is 9.32 Å². The summed E-state index contributed by atoms with van der Waals surface area (Å²) in [6, 6.07) is 14.0. The summed E-state index contributed by atoms with van der Waals surface area (Å²) in [5, 5.41) is 8.93. The molecule has 3 aromatic rings. The lowest BCUT2D eigenvalue weighted by Crippen LogP contribution is -2.42. The Hall–Kier alpha value is -1.89.